The fourth-order valence-electron chi connectivity index (χ4n) is 3.23. The van der Waals surface area contributed by atoms with E-state index in [0.29, 0.717) is 0 Å². The van der Waals surface area contributed by atoms with Crippen LogP contribution in [0.1, 0.15) is 70.6 Å². The molecule has 0 radical (unpaired) electrons. The Hall–Kier alpha value is -0.120. The second-order valence-electron chi connectivity index (χ2n) is 6.35. The molecule has 20 heavy (non-hydrogen) atoms. The van der Waals surface area contributed by atoms with Crippen LogP contribution in [0.2, 0.25) is 0 Å². The molecule has 0 amide bonds. The van der Waals surface area contributed by atoms with Gasteiger partial charge < -0.3 is 16.4 Å². The fourth-order valence-corrected chi connectivity index (χ4v) is 3.23. The molecule has 1 saturated carbocycles. The maximum absolute atomic E-state index is 5.44. The molecule has 3 nitrogen and oxygen atoms in total. The molecule has 1 fully saturated rings. The van der Waals surface area contributed by atoms with E-state index in [2.05, 4.69) is 10.6 Å². The molecule has 0 aromatic carbocycles. The van der Waals surface area contributed by atoms with Crippen LogP contribution in [0.4, 0.5) is 0 Å². The van der Waals surface area contributed by atoms with Crippen molar-refractivity contribution in [1.82, 2.24) is 10.6 Å². The van der Waals surface area contributed by atoms with Gasteiger partial charge >= 0.3 is 0 Å². The quantitative estimate of drug-likeness (QED) is 0.570. The standard InChI is InChI=1S/C17H37N3/c18-12-14-20-16-15-19-13-8-11-17-9-6-4-2-1-3-5-7-10-17/h17,19-20H,1-16,18H2. The predicted octanol–water partition coefficient (Wildman–Crippen LogP) is 3.05. The highest BCUT2D eigenvalue weighted by Crippen LogP contribution is 2.24. The molecule has 0 spiro atoms. The largest absolute Gasteiger partial charge is 0.329 e. The maximum atomic E-state index is 5.44. The minimum atomic E-state index is 0.738. The molecule has 0 aliphatic heterocycles. The van der Waals surface area contributed by atoms with Crippen molar-refractivity contribution in [1.29, 1.82) is 0 Å². The first-order chi connectivity index (χ1) is 9.93. The van der Waals surface area contributed by atoms with Gasteiger partial charge in [0.05, 0.1) is 0 Å². The summed E-state index contributed by atoms with van der Waals surface area (Å²) in [5.41, 5.74) is 5.44. The van der Waals surface area contributed by atoms with E-state index in [-0.39, 0.29) is 0 Å². The second kappa shape index (κ2) is 13.8. The molecule has 3 heteroatoms. The molecule has 1 rings (SSSR count). The van der Waals surface area contributed by atoms with E-state index in [4.69, 9.17) is 5.73 Å². The minimum absolute atomic E-state index is 0.738. The summed E-state index contributed by atoms with van der Waals surface area (Å²) in [6, 6.07) is 0. The molecule has 0 bridgehead atoms. The fraction of sp³-hybridized carbons (Fsp3) is 1.00. The zero-order chi connectivity index (χ0) is 14.3. The Bertz CT molecular complexity index is 187. The molecule has 0 unspecified atom stereocenters. The van der Waals surface area contributed by atoms with Crippen LogP contribution in [0.25, 0.3) is 0 Å². The summed E-state index contributed by atoms with van der Waals surface area (Å²) < 4.78 is 0. The lowest BCUT2D eigenvalue weighted by molar-refractivity contribution is 0.359. The molecular weight excluding hydrogens is 246 g/mol. The first-order valence-corrected chi connectivity index (χ1v) is 9.05. The Kier molecular flexibility index (Phi) is 12.4. The van der Waals surface area contributed by atoms with Gasteiger partial charge in [0.2, 0.25) is 0 Å². The Morgan fingerprint density at radius 1 is 0.700 bits per heavy atom. The summed E-state index contributed by atoms with van der Waals surface area (Å²) in [6.45, 7) is 4.97. The van der Waals surface area contributed by atoms with Crippen LogP contribution in [-0.4, -0.2) is 32.7 Å². The normalized spacial score (nSPS) is 19.1. The van der Waals surface area contributed by atoms with Crippen molar-refractivity contribution in [2.24, 2.45) is 11.7 Å². The molecule has 120 valence electrons. The van der Waals surface area contributed by atoms with Crippen LogP contribution in [-0.2, 0) is 0 Å². The summed E-state index contributed by atoms with van der Waals surface area (Å²) in [4.78, 5) is 0. The zero-order valence-electron chi connectivity index (χ0n) is 13.5. The zero-order valence-corrected chi connectivity index (χ0v) is 13.5. The van der Waals surface area contributed by atoms with Crippen LogP contribution in [0.3, 0.4) is 0 Å². The van der Waals surface area contributed by atoms with E-state index in [9.17, 15) is 0 Å². The maximum Gasteiger partial charge on any atom is 0.00772 e. The highest BCUT2D eigenvalue weighted by atomic mass is 14.9. The average molecular weight is 284 g/mol. The van der Waals surface area contributed by atoms with Gasteiger partial charge in [-0.25, -0.2) is 0 Å². The third-order valence-corrected chi connectivity index (χ3v) is 4.49. The summed E-state index contributed by atoms with van der Waals surface area (Å²) in [7, 11) is 0. The highest BCUT2D eigenvalue weighted by Gasteiger charge is 2.09. The van der Waals surface area contributed by atoms with Gasteiger partial charge in [-0.15, -0.1) is 0 Å². The Morgan fingerprint density at radius 2 is 1.25 bits per heavy atom. The monoisotopic (exact) mass is 283 g/mol. The van der Waals surface area contributed by atoms with E-state index in [1.807, 2.05) is 0 Å². The molecular formula is C17H37N3. The lowest BCUT2D eigenvalue weighted by Crippen LogP contribution is -2.31. The number of hydrogen-bond donors (Lipinski definition) is 3. The summed E-state index contributed by atoms with van der Waals surface area (Å²) in [6.07, 6.45) is 16.1. The van der Waals surface area contributed by atoms with E-state index < -0.39 is 0 Å². The molecule has 0 aromatic rings. The van der Waals surface area contributed by atoms with Gasteiger partial charge in [-0.3, -0.25) is 0 Å². The summed E-state index contributed by atoms with van der Waals surface area (Å²) in [5.74, 6) is 1.00. The van der Waals surface area contributed by atoms with Gasteiger partial charge in [0.25, 0.3) is 0 Å². The molecule has 0 atom stereocenters. The first-order valence-electron chi connectivity index (χ1n) is 9.05. The summed E-state index contributed by atoms with van der Waals surface area (Å²) >= 11 is 0. The van der Waals surface area contributed by atoms with Crippen LogP contribution < -0.4 is 16.4 Å². The predicted molar refractivity (Wildman–Crippen MR) is 89.1 cm³/mol. The molecule has 1 aliphatic carbocycles. The Balaban J connectivity index is 1.95. The van der Waals surface area contributed by atoms with E-state index in [1.165, 1.54) is 77.2 Å². The number of hydrogen-bond acceptors (Lipinski definition) is 3. The first kappa shape index (κ1) is 17.9. The minimum Gasteiger partial charge on any atom is -0.329 e. The van der Waals surface area contributed by atoms with Gasteiger partial charge in [0, 0.05) is 26.2 Å². The van der Waals surface area contributed by atoms with Crippen molar-refractivity contribution in [2.75, 3.05) is 32.7 Å². The Morgan fingerprint density at radius 3 is 1.85 bits per heavy atom. The van der Waals surface area contributed by atoms with Crippen molar-refractivity contribution < 1.29 is 0 Å². The van der Waals surface area contributed by atoms with Crippen molar-refractivity contribution in [3.8, 4) is 0 Å². The second-order valence-corrected chi connectivity index (χ2v) is 6.35. The summed E-state index contributed by atoms with van der Waals surface area (Å²) in [5, 5.41) is 6.85. The smallest absolute Gasteiger partial charge is 0.00772 e. The lowest BCUT2D eigenvalue weighted by atomic mass is 9.89. The van der Waals surface area contributed by atoms with E-state index in [0.717, 1.165) is 32.1 Å². The number of rotatable bonds is 9. The van der Waals surface area contributed by atoms with Crippen LogP contribution in [0, 0.1) is 5.92 Å². The van der Waals surface area contributed by atoms with Gasteiger partial charge in [-0.2, -0.15) is 0 Å². The molecule has 0 saturated heterocycles. The highest BCUT2D eigenvalue weighted by molar-refractivity contribution is 4.64. The van der Waals surface area contributed by atoms with Crippen LogP contribution in [0.15, 0.2) is 0 Å². The average Bonchev–Trinajstić information content (AvgIpc) is 2.48. The topological polar surface area (TPSA) is 50.1 Å². The molecule has 0 aromatic heterocycles. The van der Waals surface area contributed by atoms with E-state index in [1.54, 1.807) is 0 Å². The van der Waals surface area contributed by atoms with Gasteiger partial charge in [0.1, 0.15) is 0 Å². The number of nitrogens with two attached hydrogens (primary N) is 1. The third-order valence-electron chi connectivity index (χ3n) is 4.49. The number of nitrogens with one attached hydrogen (secondary N) is 2. The third kappa shape index (κ3) is 10.6. The van der Waals surface area contributed by atoms with Crippen LogP contribution in [0.5, 0.6) is 0 Å². The van der Waals surface area contributed by atoms with Crippen molar-refractivity contribution in [3.05, 3.63) is 0 Å². The van der Waals surface area contributed by atoms with Crippen molar-refractivity contribution in [3.63, 3.8) is 0 Å². The van der Waals surface area contributed by atoms with Crippen LogP contribution >= 0.6 is 0 Å². The van der Waals surface area contributed by atoms with Crippen molar-refractivity contribution in [2.45, 2.75) is 70.6 Å². The molecule has 0 heterocycles. The Labute approximate surface area is 126 Å². The molecule has 1 aliphatic rings. The lowest BCUT2D eigenvalue weighted by Gasteiger charge is -2.18. The van der Waals surface area contributed by atoms with Gasteiger partial charge in [0.15, 0.2) is 0 Å². The van der Waals surface area contributed by atoms with Gasteiger partial charge in [-0.05, 0) is 25.3 Å². The SMILES string of the molecule is NCCNCCNCCCC1CCCCCCCCC1. The van der Waals surface area contributed by atoms with E-state index >= 15 is 0 Å². The van der Waals surface area contributed by atoms with Crippen molar-refractivity contribution >= 4 is 0 Å². The van der Waals surface area contributed by atoms with Gasteiger partial charge in [-0.1, -0.05) is 57.8 Å². The molecule has 4 N–H and O–H groups in total.